The van der Waals surface area contributed by atoms with Crippen molar-refractivity contribution in [1.29, 1.82) is 0 Å². The lowest BCUT2D eigenvalue weighted by atomic mass is 10.3. The van der Waals surface area contributed by atoms with Gasteiger partial charge in [0.25, 0.3) is 0 Å². The highest BCUT2D eigenvalue weighted by Crippen LogP contribution is 2.30. The molecule has 2 heterocycles. The van der Waals surface area contributed by atoms with Crippen molar-refractivity contribution in [3.63, 3.8) is 0 Å². The van der Waals surface area contributed by atoms with Gasteiger partial charge in [-0.05, 0) is 30.9 Å². The average Bonchev–Trinajstić information content (AvgIpc) is 2.96. The van der Waals surface area contributed by atoms with Gasteiger partial charge in [0.1, 0.15) is 15.5 Å². The summed E-state index contributed by atoms with van der Waals surface area (Å²) in [5.74, 6) is -0.600. The van der Waals surface area contributed by atoms with Gasteiger partial charge in [-0.1, -0.05) is 0 Å². The number of carbonyl (C=O) groups is 1. The van der Waals surface area contributed by atoms with Crippen molar-refractivity contribution >= 4 is 27.3 Å². The molecule has 0 saturated carbocycles. The summed E-state index contributed by atoms with van der Waals surface area (Å²) in [6.45, 7) is 3.46. The Morgan fingerprint density at radius 2 is 2.10 bits per heavy atom. The molecule has 0 bridgehead atoms. The van der Waals surface area contributed by atoms with Crippen molar-refractivity contribution in [2.24, 2.45) is 0 Å². The second kappa shape index (κ2) is 5.63. The van der Waals surface area contributed by atoms with Crippen LogP contribution < -0.4 is 0 Å². The van der Waals surface area contributed by atoms with E-state index in [1.165, 1.54) is 18.7 Å². The smallest absolute Gasteiger partial charge is 0.347 e. The van der Waals surface area contributed by atoms with Crippen molar-refractivity contribution in [2.45, 2.75) is 25.3 Å². The van der Waals surface area contributed by atoms with Crippen LogP contribution in [0.1, 0.15) is 26.6 Å². The molecule has 2 aromatic heterocycles. The third-order valence-electron chi connectivity index (χ3n) is 3.14. The number of nitrogens with zero attached hydrogens (tertiary/aromatic N) is 1. The van der Waals surface area contributed by atoms with Gasteiger partial charge in [0.2, 0.25) is 10.0 Å². The first-order valence-electron chi connectivity index (χ1n) is 6.06. The van der Waals surface area contributed by atoms with E-state index in [2.05, 4.69) is 0 Å². The molecule has 0 amide bonds. The van der Waals surface area contributed by atoms with Crippen molar-refractivity contribution in [2.75, 3.05) is 7.05 Å². The van der Waals surface area contributed by atoms with Crippen LogP contribution in [0.15, 0.2) is 27.0 Å². The van der Waals surface area contributed by atoms with Crippen LogP contribution in [0.25, 0.3) is 0 Å². The summed E-state index contributed by atoms with van der Waals surface area (Å²) < 4.78 is 31.5. The zero-order chi connectivity index (χ0) is 15.8. The number of aryl methyl sites for hydroxylation is 2. The van der Waals surface area contributed by atoms with Crippen LogP contribution in [0.5, 0.6) is 0 Å². The molecule has 0 unspecified atom stereocenters. The molecule has 6 nitrogen and oxygen atoms in total. The van der Waals surface area contributed by atoms with Crippen LogP contribution in [0.3, 0.4) is 0 Å². The lowest BCUT2D eigenvalue weighted by Crippen LogP contribution is -2.28. The molecule has 0 fully saturated rings. The summed E-state index contributed by atoms with van der Waals surface area (Å²) in [5.41, 5.74) is 1.18. The SMILES string of the molecule is Cc1csc(C(=O)O)c1S(=O)(=O)N(C)Cc1ccoc1C. The molecule has 2 rings (SSSR count). The van der Waals surface area contributed by atoms with Crippen LogP contribution in [0.2, 0.25) is 0 Å². The summed E-state index contributed by atoms with van der Waals surface area (Å²) in [6, 6.07) is 1.69. The van der Waals surface area contributed by atoms with E-state index in [-0.39, 0.29) is 16.3 Å². The Bertz CT molecular complexity index is 772. The number of sulfonamides is 1. The largest absolute Gasteiger partial charge is 0.477 e. The fourth-order valence-corrected chi connectivity index (χ4v) is 4.68. The Morgan fingerprint density at radius 1 is 1.43 bits per heavy atom. The minimum Gasteiger partial charge on any atom is -0.477 e. The van der Waals surface area contributed by atoms with Crippen molar-refractivity contribution in [3.8, 4) is 0 Å². The number of carboxylic acid groups (broad SMARTS) is 1. The van der Waals surface area contributed by atoms with Gasteiger partial charge < -0.3 is 9.52 Å². The third kappa shape index (κ3) is 2.87. The maximum absolute atomic E-state index is 12.6. The van der Waals surface area contributed by atoms with E-state index in [1.807, 2.05) is 0 Å². The fourth-order valence-electron chi connectivity index (χ4n) is 1.96. The van der Waals surface area contributed by atoms with Gasteiger partial charge in [-0.2, -0.15) is 4.31 Å². The number of carboxylic acids is 1. The summed E-state index contributed by atoms with van der Waals surface area (Å²) in [7, 11) is -2.45. The Kier molecular flexibility index (Phi) is 4.22. The lowest BCUT2D eigenvalue weighted by Gasteiger charge is -2.17. The molecular formula is C13H15NO5S2. The van der Waals surface area contributed by atoms with Gasteiger partial charge in [0.15, 0.2) is 0 Å². The standard InChI is InChI=1S/C13H15NO5S2/c1-8-7-20-11(13(15)16)12(8)21(17,18)14(3)6-10-4-5-19-9(10)2/h4-5,7H,6H2,1-3H3,(H,15,16). The first-order chi connectivity index (χ1) is 9.75. The van der Waals surface area contributed by atoms with Crippen LogP contribution in [0, 0.1) is 13.8 Å². The van der Waals surface area contributed by atoms with Gasteiger partial charge in [-0.15, -0.1) is 11.3 Å². The van der Waals surface area contributed by atoms with Crippen LogP contribution in [0.4, 0.5) is 0 Å². The van der Waals surface area contributed by atoms with E-state index in [4.69, 9.17) is 9.52 Å². The maximum Gasteiger partial charge on any atom is 0.347 e. The summed E-state index contributed by atoms with van der Waals surface area (Å²) in [4.78, 5) is 10.9. The van der Waals surface area contributed by atoms with Crippen molar-refractivity contribution in [3.05, 3.63) is 39.5 Å². The second-order valence-corrected chi connectivity index (χ2v) is 7.51. The lowest BCUT2D eigenvalue weighted by molar-refractivity contribution is 0.0698. The monoisotopic (exact) mass is 329 g/mol. The van der Waals surface area contributed by atoms with Gasteiger partial charge in [0, 0.05) is 19.2 Å². The number of aromatic carboxylic acids is 1. The Hall–Kier alpha value is -1.64. The minimum atomic E-state index is -3.87. The van der Waals surface area contributed by atoms with E-state index >= 15 is 0 Å². The van der Waals surface area contributed by atoms with Gasteiger partial charge in [0.05, 0.1) is 6.26 Å². The highest BCUT2D eigenvalue weighted by Gasteiger charge is 2.30. The van der Waals surface area contributed by atoms with Crippen LogP contribution >= 0.6 is 11.3 Å². The quantitative estimate of drug-likeness (QED) is 0.910. The molecule has 0 aliphatic heterocycles. The van der Waals surface area contributed by atoms with Crippen molar-refractivity contribution < 1.29 is 22.7 Å². The molecule has 0 spiro atoms. The molecule has 0 radical (unpaired) electrons. The maximum atomic E-state index is 12.6. The molecule has 0 saturated heterocycles. The highest BCUT2D eigenvalue weighted by atomic mass is 32.2. The predicted octanol–water partition coefficient (Wildman–Crippen LogP) is 2.48. The number of hydrogen-bond donors (Lipinski definition) is 1. The average molecular weight is 329 g/mol. The van der Waals surface area contributed by atoms with E-state index in [0.717, 1.165) is 21.2 Å². The molecular weight excluding hydrogens is 314 g/mol. The minimum absolute atomic E-state index is 0.124. The molecule has 0 aliphatic carbocycles. The predicted molar refractivity (Wildman–Crippen MR) is 78.1 cm³/mol. The highest BCUT2D eigenvalue weighted by molar-refractivity contribution is 7.89. The number of furan rings is 1. The number of rotatable bonds is 5. The van der Waals surface area contributed by atoms with Crippen molar-refractivity contribution in [1.82, 2.24) is 4.31 Å². The van der Waals surface area contributed by atoms with E-state index in [1.54, 1.807) is 19.9 Å². The van der Waals surface area contributed by atoms with Gasteiger partial charge >= 0.3 is 5.97 Å². The molecule has 0 aliphatic rings. The van der Waals surface area contributed by atoms with Gasteiger partial charge in [-0.25, -0.2) is 13.2 Å². The van der Waals surface area contributed by atoms with E-state index in [0.29, 0.717) is 11.3 Å². The molecule has 8 heteroatoms. The summed E-state index contributed by atoms with van der Waals surface area (Å²) in [6.07, 6.45) is 1.49. The second-order valence-electron chi connectivity index (χ2n) is 4.65. The van der Waals surface area contributed by atoms with Gasteiger partial charge in [-0.3, -0.25) is 0 Å². The molecule has 21 heavy (non-hydrogen) atoms. The van der Waals surface area contributed by atoms with E-state index < -0.39 is 16.0 Å². The van der Waals surface area contributed by atoms with Crippen LogP contribution in [-0.4, -0.2) is 30.8 Å². The number of hydrogen-bond acceptors (Lipinski definition) is 5. The molecule has 114 valence electrons. The van der Waals surface area contributed by atoms with E-state index in [9.17, 15) is 13.2 Å². The molecule has 0 atom stereocenters. The number of thiophene rings is 1. The molecule has 0 aromatic carbocycles. The normalized spacial score (nSPS) is 12.0. The summed E-state index contributed by atoms with van der Waals surface area (Å²) >= 11 is 0.916. The zero-order valence-electron chi connectivity index (χ0n) is 11.8. The third-order valence-corrected chi connectivity index (χ3v) is 6.35. The first kappa shape index (κ1) is 15.7. The first-order valence-corrected chi connectivity index (χ1v) is 8.37. The Morgan fingerprint density at radius 3 is 2.62 bits per heavy atom. The molecule has 2 aromatic rings. The van der Waals surface area contributed by atoms with Crippen LogP contribution in [-0.2, 0) is 16.6 Å². The Balaban J connectivity index is 2.40. The topological polar surface area (TPSA) is 87.8 Å². The Labute approximate surface area is 126 Å². The zero-order valence-corrected chi connectivity index (χ0v) is 13.4. The summed E-state index contributed by atoms with van der Waals surface area (Å²) in [5, 5.41) is 10.7. The molecule has 1 N–H and O–H groups in total. The fraction of sp³-hybridized carbons (Fsp3) is 0.308.